The molecule has 4 fully saturated rings. The van der Waals surface area contributed by atoms with Crippen molar-refractivity contribution in [1.82, 2.24) is 10.2 Å². The second kappa shape index (κ2) is 6.66. The normalized spacial score (nSPS) is 35.4. The molecule has 146 valence electrons. The van der Waals surface area contributed by atoms with Crippen molar-refractivity contribution >= 4 is 11.8 Å². The zero-order chi connectivity index (χ0) is 18.4. The molecule has 1 aliphatic carbocycles. The van der Waals surface area contributed by atoms with Gasteiger partial charge in [0, 0.05) is 30.8 Å². The molecule has 0 aromatic carbocycles. The number of nitrogens with zero attached hydrogens (tertiary/aromatic N) is 1. The SMILES string of the molecule is O=C(NC[C@H]1[C@H]2CN(C(=O)c3ccoc3)C[C@]23CC[C@H]1O3)C1CCCCC1. The van der Waals surface area contributed by atoms with Gasteiger partial charge in [0.25, 0.3) is 5.91 Å². The summed E-state index contributed by atoms with van der Waals surface area (Å²) in [6, 6.07) is 1.72. The third-order valence-corrected chi connectivity index (χ3v) is 7.33. The molecule has 0 unspecified atom stereocenters. The highest BCUT2D eigenvalue weighted by Crippen LogP contribution is 2.54. The number of nitrogens with one attached hydrogen (secondary N) is 1. The quantitative estimate of drug-likeness (QED) is 0.882. The number of carbonyl (C=O) groups is 2. The van der Waals surface area contributed by atoms with Crippen molar-refractivity contribution in [3.05, 3.63) is 24.2 Å². The molecular formula is C21H28N2O4. The van der Waals surface area contributed by atoms with Gasteiger partial charge in [0.05, 0.1) is 30.1 Å². The number of ether oxygens (including phenoxy) is 1. The average Bonchev–Trinajstić information content (AvgIpc) is 3.47. The summed E-state index contributed by atoms with van der Waals surface area (Å²) in [5.41, 5.74) is 0.396. The maximum atomic E-state index is 12.7. The zero-order valence-corrected chi connectivity index (χ0v) is 15.7. The Bertz CT molecular complexity index is 712. The molecule has 6 nitrogen and oxygen atoms in total. The molecule has 1 aromatic rings. The number of furan rings is 1. The summed E-state index contributed by atoms with van der Waals surface area (Å²) in [6.07, 6.45) is 11.0. The molecule has 4 atom stereocenters. The molecule has 1 saturated carbocycles. The van der Waals surface area contributed by atoms with E-state index in [0.717, 1.165) is 25.7 Å². The fourth-order valence-electron chi connectivity index (χ4n) is 5.91. The van der Waals surface area contributed by atoms with Crippen LogP contribution in [0.4, 0.5) is 0 Å². The minimum Gasteiger partial charge on any atom is -0.472 e. The molecular weight excluding hydrogens is 344 g/mol. The summed E-state index contributed by atoms with van der Waals surface area (Å²) in [5.74, 6) is 1.06. The van der Waals surface area contributed by atoms with E-state index in [2.05, 4.69) is 5.32 Å². The first kappa shape index (κ1) is 17.3. The highest BCUT2D eigenvalue weighted by Gasteiger charge is 2.63. The van der Waals surface area contributed by atoms with Crippen LogP contribution in [0.1, 0.15) is 55.3 Å². The molecule has 1 aromatic heterocycles. The van der Waals surface area contributed by atoms with Crippen molar-refractivity contribution in [2.75, 3.05) is 19.6 Å². The number of fused-ring (bicyclic) bond motifs is 1. The highest BCUT2D eigenvalue weighted by atomic mass is 16.5. The van der Waals surface area contributed by atoms with E-state index in [-0.39, 0.29) is 29.4 Å². The van der Waals surface area contributed by atoms with E-state index in [1.165, 1.54) is 31.8 Å². The van der Waals surface area contributed by atoms with E-state index in [0.29, 0.717) is 37.0 Å². The lowest BCUT2D eigenvalue weighted by atomic mass is 9.73. The van der Waals surface area contributed by atoms with Gasteiger partial charge < -0.3 is 19.4 Å². The van der Waals surface area contributed by atoms with Crippen LogP contribution in [0.3, 0.4) is 0 Å². The van der Waals surface area contributed by atoms with Crippen LogP contribution in [0.2, 0.25) is 0 Å². The molecule has 3 aliphatic heterocycles. The molecule has 4 heterocycles. The maximum Gasteiger partial charge on any atom is 0.257 e. The van der Waals surface area contributed by atoms with Crippen LogP contribution in [0.25, 0.3) is 0 Å². The van der Waals surface area contributed by atoms with Gasteiger partial charge in [-0.2, -0.15) is 0 Å². The van der Waals surface area contributed by atoms with Gasteiger partial charge in [-0.3, -0.25) is 9.59 Å². The van der Waals surface area contributed by atoms with E-state index >= 15 is 0 Å². The van der Waals surface area contributed by atoms with E-state index in [4.69, 9.17) is 9.15 Å². The summed E-state index contributed by atoms with van der Waals surface area (Å²) in [5, 5.41) is 3.22. The van der Waals surface area contributed by atoms with Gasteiger partial charge >= 0.3 is 0 Å². The maximum absolute atomic E-state index is 12.7. The van der Waals surface area contributed by atoms with Crippen LogP contribution in [0.5, 0.6) is 0 Å². The van der Waals surface area contributed by atoms with Gasteiger partial charge in [-0.15, -0.1) is 0 Å². The van der Waals surface area contributed by atoms with E-state index < -0.39 is 0 Å². The van der Waals surface area contributed by atoms with Crippen LogP contribution < -0.4 is 5.32 Å². The molecule has 1 N–H and O–H groups in total. The van der Waals surface area contributed by atoms with Crippen molar-refractivity contribution in [2.45, 2.75) is 56.7 Å². The Morgan fingerprint density at radius 1 is 1.22 bits per heavy atom. The molecule has 3 saturated heterocycles. The van der Waals surface area contributed by atoms with Crippen LogP contribution in [0.15, 0.2) is 23.0 Å². The van der Waals surface area contributed by atoms with Crippen LogP contribution in [0, 0.1) is 17.8 Å². The summed E-state index contributed by atoms with van der Waals surface area (Å²) in [7, 11) is 0. The van der Waals surface area contributed by atoms with Gasteiger partial charge in [0.1, 0.15) is 6.26 Å². The zero-order valence-electron chi connectivity index (χ0n) is 15.7. The molecule has 2 bridgehead atoms. The Kier molecular flexibility index (Phi) is 4.26. The summed E-state index contributed by atoms with van der Waals surface area (Å²) in [4.78, 5) is 27.2. The smallest absolute Gasteiger partial charge is 0.257 e. The lowest BCUT2D eigenvalue weighted by Gasteiger charge is -2.30. The topological polar surface area (TPSA) is 71.8 Å². The Balaban J connectivity index is 1.24. The Morgan fingerprint density at radius 2 is 2.07 bits per heavy atom. The largest absolute Gasteiger partial charge is 0.472 e. The van der Waals surface area contributed by atoms with Crippen molar-refractivity contribution in [3.8, 4) is 0 Å². The van der Waals surface area contributed by atoms with E-state index in [1.807, 2.05) is 4.90 Å². The van der Waals surface area contributed by atoms with E-state index in [1.54, 1.807) is 6.07 Å². The average molecular weight is 372 g/mol. The summed E-state index contributed by atoms with van der Waals surface area (Å²) >= 11 is 0. The van der Waals surface area contributed by atoms with Crippen LogP contribution in [-0.4, -0.2) is 48.1 Å². The minimum absolute atomic E-state index is 0.0181. The fraction of sp³-hybridized carbons (Fsp3) is 0.714. The molecule has 4 aliphatic rings. The number of hydrogen-bond acceptors (Lipinski definition) is 4. The predicted molar refractivity (Wildman–Crippen MR) is 98.0 cm³/mol. The first-order valence-electron chi connectivity index (χ1n) is 10.4. The van der Waals surface area contributed by atoms with Crippen LogP contribution in [-0.2, 0) is 9.53 Å². The fourth-order valence-corrected chi connectivity index (χ4v) is 5.91. The third-order valence-electron chi connectivity index (χ3n) is 7.33. The lowest BCUT2D eigenvalue weighted by Crippen LogP contribution is -2.43. The van der Waals surface area contributed by atoms with Crippen molar-refractivity contribution in [2.24, 2.45) is 17.8 Å². The monoisotopic (exact) mass is 372 g/mol. The van der Waals surface area contributed by atoms with Crippen molar-refractivity contribution in [1.29, 1.82) is 0 Å². The molecule has 0 radical (unpaired) electrons. The standard InChI is InChI=1S/C21H28N2O4/c24-19(14-4-2-1-3-5-14)22-10-16-17-11-23(20(25)15-7-9-26-12-15)13-21(17)8-6-18(16)27-21/h7,9,12,14,16-18H,1-6,8,10-11,13H2,(H,22,24)/t16-,17+,18+,21+/m0/s1. The van der Waals surface area contributed by atoms with Crippen molar-refractivity contribution in [3.63, 3.8) is 0 Å². The van der Waals surface area contributed by atoms with E-state index in [9.17, 15) is 9.59 Å². The lowest BCUT2D eigenvalue weighted by molar-refractivity contribution is -0.126. The number of carbonyl (C=O) groups excluding carboxylic acids is 2. The van der Waals surface area contributed by atoms with Gasteiger partial charge in [-0.1, -0.05) is 19.3 Å². The number of rotatable bonds is 4. The summed E-state index contributed by atoms with van der Waals surface area (Å²) < 4.78 is 11.5. The molecule has 6 heteroatoms. The molecule has 5 rings (SSSR count). The summed E-state index contributed by atoms with van der Waals surface area (Å²) in [6.45, 7) is 2.05. The first-order valence-corrected chi connectivity index (χ1v) is 10.4. The Hall–Kier alpha value is -1.82. The number of amides is 2. The molecule has 1 spiro atoms. The second-order valence-corrected chi connectivity index (χ2v) is 8.81. The van der Waals surface area contributed by atoms with Gasteiger partial charge in [-0.25, -0.2) is 0 Å². The third kappa shape index (κ3) is 2.89. The minimum atomic E-state index is -0.204. The Morgan fingerprint density at radius 3 is 2.85 bits per heavy atom. The number of likely N-dealkylation sites (tertiary alicyclic amines) is 1. The van der Waals surface area contributed by atoms with Crippen LogP contribution >= 0.6 is 0 Å². The van der Waals surface area contributed by atoms with Gasteiger partial charge in [0.2, 0.25) is 5.91 Å². The molecule has 2 amide bonds. The van der Waals surface area contributed by atoms with Gasteiger partial charge in [0.15, 0.2) is 0 Å². The van der Waals surface area contributed by atoms with Crippen molar-refractivity contribution < 1.29 is 18.7 Å². The second-order valence-electron chi connectivity index (χ2n) is 8.81. The molecule has 27 heavy (non-hydrogen) atoms. The Labute approximate surface area is 159 Å². The predicted octanol–water partition coefficient (Wildman–Crippen LogP) is 2.60. The highest BCUT2D eigenvalue weighted by molar-refractivity contribution is 5.94. The number of hydrogen-bond donors (Lipinski definition) is 1. The first-order chi connectivity index (χ1) is 13.2. The van der Waals surface area contributed by atoms with Gasteiger partial charge in [-0.05, 0) is 31.7 Å².